The number of carbonyl (C=O) groups is 1. The van der Waals surface area contributed by atoms with Crippen molar-refractivity contribution < 1.29 is 18.0 Å². The molecule has 1 amide bonds. The number of hydrogen-bond acceptors (Lipinski definition) is 1. The van der Waals surface area contributed by atoms with E-state index >= 15 is 0 Å². The van der Waals surface area contributed by atoms with Gasteiger partial charge < -0.3 is 5.32 Å². The Hall–Kier alpha value is -2.30. The van der Waals surface area contributed by atoms with Crippen LogP contribution in [0.1, 0.15) is 37.3 Å². The Morgan fingerprint density at radius 3 is 2.00 bits per heavy atom. The molecule has 2 rings (SSSR count). The summed E-state index contributed by atoms with van der Waals surface area (Å²) < 4.78 is 37.7. The molecule has 0 bridgehead atoms. The fourth-order valence-corrected chi connectivity index (χ4v) is 2.29. The second kappa shape index (κ2) is 7.99. The van der Waals surface area contributed by atoms with Gasteiger partial charge in [0.05, 0.1) is 5.56 Å². The van der Waals surface area contributed by atoms with Crippen molar-refractivity contribution in [3.8, 4) is 11.1 Å². The standard InChI is InChI=1S/C19H20F3NO/c1-2-3-4-18(24)23-13-14-5-7-15(8-6-14)16-9-11-17(12-10-16)19(20,21)22/h5-12H,2-4,13H2,1H3,(H,23,24). The van der Waals surface area contributed by atoms with Crippen molar-refractivity contribution in [2.24, 2.45) is 0 Å². The molecule has 0 heterocycles. The Morgan fingerprint density at radius 1 is 0.958 bits per heavy atom. The highest BCUT2D eigenvalue weighted by molar-refractivity contribution is 5.75. The van der Waals surface area contributed by atoms with Gasteiger partial charge in [-0.15, -0.1) is 0 Å². The molecule has 0 aromatic heterocycles. The molecule has 0 spiro atoms. The first-order chi connectivity index (χ1) is 11.4. The summed E-state index contributed by atoms with van der Waals surface area (Å²) >= 11 is 0. The molecule has 0 fully saturated rings. The highest BCUT2D eigenvalue weighted by Gasteiger charge is 2.29. The lowest BCUT2D eigenvalue weighted by Crippen LogP contribution is -2.22. The lowest BCUT2D eigenvalue weighted by Gasteiger charge is -2.09. The molecular formula is C19H20F3NO. The Morgan fingerprint density at radius 2 is 1.50 bits per heavy atom. The summed E-state index contributed by atoms with van der Waals surface area (Å²) in [5, 5.41) is 2.85. The number of hydrogen-bond donors (Lipinski definition) is 1. The molecule has 2 aromatic carbocycles. The first-order valence-electron chi connectivity index (χ1n) is 7.93. The number of benzene rings is 2. The van der Waals surface area contributed by atoms with Crippen molar-refractivity contribution >= 4 is 5.91 Å². The van der Waals surface area contributed by atoms with Crippen LogP contribution >= 0.6 is 0 Å². The van der Waals surface area contributed by atoms with E-state index in [-0.39, 0.29) is 5.91 Å². The first kappa shape index (κ1) is 18.0. The van der Waals surface area contributed by atoms with E-state index in [0.717, 1.165) is 41.7 Å². The van der Waals surface area contributed by atoms with Crippen LogP contribution in [0.3, 0.4) is 0 Å². The summed E-state index contributed by atoms with van der Waals surface area (Å²) in [4.78, 5) is 11.6. The Kier molecular flexibility index (Phi) is 6.01. The van der Waals surface area contributed by atoms with Crippen LogP contribution in [-0.4, -0.2) is 5.91 Å². The van der Waals surface area contributed by atoms with Gasteiger partial charge in [0, 0.05) is 13.0 Å². The van der Waals surface area contributed by atoms with Gasteiger partial charge in [0.25, 0.3) is 0 Å². The average Bonchev–Trinajstić information content (AvgIpc) is 2.58. The quantitative estimate of drug-likeness (QED) is 0.774. The van der Waals surface area contributed by atoms with E-state index in [0.29, 0.717) is 13.0 Å². The van der Waals surface area contributed by atoms with E-state index in [9.17, 15) is 18.0 Å². The molecule has 2 nitrogen and oxygen atoms in total. The Bertz CT molecular complexity index is 661. The minimum absolute atomic E-state index is 0.0312. The maximum atomic E-state index is 12.6. The second-order valence-electron chi connectivity index (χ2n) is 5.65. The number of carbonyl (C=O) groups excluding carboxylic acids is 1. The zero-order valence-corrected chi connectivity index (χ0v) is 13.5. The van der Waals surface area contributed by atoms with E-state index in [2.05, 4.69) is 5.32 Å². The third-order valence-corrected chi connectivity index (χ3v) is 3.75. The van der Waals surface area contributed by atoms with Gasteiger partial charge in [-0.05, 0) is 35.2 Å². The van der Waals surface area contributed by atoms with Crippen molar-refractivity contribution in [2.75, 3.05) is 0 Å². The largest absolute Gasteiger partial charge is 0.416 e. The van der Waals surface area contributed by atoms with Crippen LogP contribution in [0, 0.1) is 0 Å². The molecular weight excluding hydrogens is 315 g/mol. The predicted molar refractivity (Wildman–Crippen MR) is 88.3 cm³/mol. The molecule has 0 saturated heterocycles. The number of halogens is 3. The normalized spacial score (nSPS) is 11.3. The van der Waals surface area contributed by atoms with Gasteiger partial charge >= 0.3 is 6.18 Å². The van der Waals surface area contributed by atoms with E-state index in [4.69, 9.17) is 0 Å². The number of unbranched alkanes of at least 4 members (excludes halogenated alkanes) is 1. The van der Waals surface area contributed by atoms with Gasteiger partial charge in [-0.25, -0.2) is 0 Å². The predicted octanol–water partition coefficient (Wildman–Crippen LogP) is 5.18. The number of amides is 1. The molecule has 0 saturated carbocycles. The maximum absolute atomic E-state index is 12.6. The molecule has 24 heavy (non-hydrogen) atoms. The van der Waals surface area contributed by atoms with Gasteiger partial charge in [0.1, 0.15) is 0 Å². The van der Waals surface area contributed by atoms with Gasteiger partial charge in [0.2, 0.25) is 5.91 Å². The van der Waals surface area contributed by atoms with E-state index in [1.165, 1.54) is 12.1 Å². The van der Waals surface area contributed by atoms with Crippen LogP contribution in [0.15, 0.2) is 48.5 Å². The molecule has 0 aliphatic heterocycles. The molecule has 0 unspecified atom stereocenters. The lowest BCUT2D eigenvalue weighted by molar-refractivity contribution is -0.137. The monoisotopic (exact) mass is 335 g/mol. The fraction of sp³-hybridized carbons (Fsp3) is 0.316. The molecule has 0 atom stereocenters. The molecule has 5 heteroatoms. The Balaban J connectivity index is 1.98. The smallest absolute Gasteiger partial charge is 0.352 e. The van der Waals surface area contributed by atoms with Gasteiger partial charge in [-0.1, -0.05) is 49.7 Å². The molecule has 2 aromatic rings. The van der Waals surface area contributed by atoms with E-state index in [1.54, 1.807) is 0 Å². The highest BCUT2D eigenvalue weighted by Crippen LogP contribution is 2.31. The highest BCUT2D eigenvalue weighted by atomic mass is 19.4. The number of rotatable bonds is 6. The number of alkyl halides is 3. The molecule has 0 aliphatic carbocycles. The van der Waals surface area contributed by atoms with E-state index in [1.807, 2.05) is 31.2 Å². The summed E-state index contributed by atoms with van der Waals surface area (Å²) in [5.74, 6) is 0.0312. The van der Waals surface area contributed by atoms with Gasteiger partial charge in [0.15, 0.2) is 0 Å². The lowest BCUT2D eigenvalue weighted by atomic mass is 10.0. The summed E-state index contributed by atoms with van der Waals surface area (Å²) in [7, 11) is 0. The molecule has 0 radical (unpaired) electrons. The first-order valence-corrected chi connectivity index (χ1v) is 7.93. The van der Waals surface area contributed by atoms with Crippen LogP contribution in [0.25, 0.3) is 11.1 Å². The zero-order valence-electron chi connectivity index (χ0n) is 13.5. The third-order valence-electron chi connectivity index (χ3n) is 3.75. The maximum Gasteiger partial charge on any atom is 0.416 e. The third kappa shape index (κ3) is 5.11. The fourth-order valence-electron chi connectivity index (χ4n) is 2.29. The van der Waals surface area contributed by atoms with Crippen LogP contribution in [-0.2, 0) is 17.5 Å². The molecule has 0 aliphatic rings. The van der Waals surface area contributed by atoms with Crippen molar-refractivity contribution in [1.82, 2.24) is 5.32 Å². The van der Waals surface area contributed by atoms with Crippen LogP contribution in [0.4, 0.5) is 13.2 Å². The second-order valence-corrected chi connectivity index (χ2v) is 5.65. The minimum Gasteiger partial charge on any atom is -0.352 e. The zero-order chi connectivity index (χ0) is 17.6. The summed E-state index contributed by atoms with van der Waals surface area (Å²) in [6.45, 7) is 2.49. The van der Waals surface area contributed by atoms with Crippen LogP contribution in [0.2, 0.25) is 0 Å². The van der Waals surface area contributed by atoms with Crippen molar-refractivity contribution in [3.05, 3.63) is 59.7 Å². The van der Waals surface area contributed by atoms with Crippen LogP contribution < -0.4 is 5.32 Å². The summed E-state index contributed by atoms with van der Waals surface area (Å²) in [5.41, 5.74) is 1.86. The summed E-state index contributed by atoms with van der Waals surface area (Å²) in [6, 6.07) is 12.5. The molecule has 1 N–H and O–H groups in total. The molecule has 128 valence electrons. The van der Waals surface area contributed by atoms with Crippen LogP contribution in [0.5, 0.6) is 0 Å². The number of nitrogens with one attached hydrogen (secondary N) is 1. The van der Waals surface area contributed by atoms with E-state index < -0.39 is 11.7 Å². The van der Waals surface area contributed by atoms with Crippen molar-refractivity contribution in [1.29, 1.82) is 0 Å². The summed E-state index contributed by atoms with van der Waals surface area (Å²) in [6.07, 6.45) is -1.94. The van der Waals surface area contributed by atoms with Gasteiger partial charge in [-0.3, -0.25) is 4.79 Å². The average molecular weight is 335 g/mol. The topological polar surface area (TPSA) is 29.1 Å². The SMILES string of the molecule is CCCCC(=O)NCc1ccc(-c2ccc(C(F)(F)F)cc2)cc1. The van der Waals surface area contributed by atoms with Crippen molar-refractivity contribution in [2.45, 2.75) is 38.9 Å². The van der Waals surface area contributed by atoms with Gasteiger partial charge in [-0.2, -0.15) is 13.2 Å². The Labute approximate surface area is 139 Å². The van der Waals surface area contributed by atoms with Crippen molar-refractivity contribution in [3.63, 3.8) is 0 Å². The minimum atomic E-state index is -4.32.